The number of carbonyl (C=O) groups excluding carboxylic acids is 1. The smallest absolute Gasteiger partial charge is 0.257 e. The number of halogens is 1. The molecule has 0 saturated carbocycles. The van der Waals surface area contributed by atoms with Crippen LogP contribution in [-0.4, -0.2) is 27.8 Å². The molecule has 1 unspecified atom stereocenters. The van der Waals surface area contributed by atoms with Gasteiger partial charge in [-0.05, 0) is 49.4 Å². The highest BCUT2D eigenvalue weighted by Crippen LogP contribution is 2.23. The molecule has 1 atom stereocenters. The second-order valence-electron chi connectivity index (χ2n) is 4.99. The molecule has 0 aliphatic carbocycles. The standard InChI is InChI=1S/C16H22ClNO4S/c1-3-13-10-14(17)7-8-15(13)22-11-16(19)18-9-5-4-6-12(2)23(20)21/h7-8,10H,2-6,9,11H2,1H3,(H,18,19)(H,20,21). The van der Waals surface area contributed by atoms with Gasteiger partial charge in [-0.1, -0.05) is 25.1 Å². The van der Waals surface area contributed by atoms with E-state index in [9.17, 15) is 9.00 Å². The van der Waals surface area contributed by atoms with Gasteiger partial charge in [0, 0.05) is 16.5 Å². The number of amides is 1. The third kappa shape index (κ3) is 7.63. The summed E-state index contributed by atoms with van der Waals surface area (Å²) in [5.41, 5.74) is 0.959. The summed E-state index contributed by atoms with van der Waals surface area (Å²) in [6.07, 6.45) is 2.65. The molecule has 0 saturated heterocycles. The number of ether oxygens (including phenoxy) is 1. The molecule has 0 heterocycles. The quantitative estimate of drug-likeness (QED) is 0.496. The highest BCUT2D eigenvalue weighted by Gasteiger charge is 2.07. The van der Waals surface area contributed by atoms with E-state index in [0.29, 0.717) is 41.5 Å². The lowest BCUT2D eigenvalue weighted by atomic mass is 10.1. The highest BCUT2D eigenvalue weighted by atomic mass is 35.5. The minimum absolute atomic E-state index is 0.0536. The van der Waals surface area contributed by atoms with Crippen LogP contribution in [-0.2, 0) is 22.3 Å². The molecule has 0 aliphatic rings. The Morgan fingerprint density at radius 2 is 2.17 bits per heavy atom. The second-order valence-corrected chi connectivity index (χ2v) is 6.50. The zero-order valence-electron chi connectivity index (χ0n) is 13.1. The number of unbranched alkanes of at least 4 members (excludes halogenated alkanes) is 1. The van der Waals surface area contributed by atoms with Crippen LogP contribution in [0.3, 0.4) is 0 Å². The average Bonchev–Trinajstić information content (AvgIpc) is 2.52. The van der Waals surface area contributed by atoms with Crippen molar-refractivity contribution >= 4 is 28.6 Å². The van der Waals surface area contributed by atoms with Gasteiger partial charge >= 0.3 is 0 Å². The van der Waals surface area contributed by atoms with Crippen molar-refractivity contribution in [1.29, 1.82) is 0 Å². The predicted molar refractivity (Wildman–Crippen MR) is 93.1 cm³/mol. The summed E-state index contributed by atoms with van der Waals surface area (Å²) in [7, 11) is 0. The van der Waals surface area contributed by atoms with Crippen LogP contribution >= 0.6 is 11.6 Å². The predicted octanol–water partition coefficient (Wildman–Crippen LogP) is 3.30. The van der Waals surface area contributed by atoms with Crippen LogP contribution in [0.15, 0.2) is 29.7 Å². The fourth-order valence-electron chi connectivity index (χ4n) is 1.92. The van der Waals surface area contributed by atoms with Crippen LogP contribution in [0.1, 0.15) is 31.7 Å². The molecule has 7 heteroatoms. The van der Waals surface area contributed by atoms with E-state index in [-0.39, 0.29) is 12.5 Å². The van der Waals surface area contributed by atoms with Crippen molar-refractivity contribution < 1.29 is 18.3 Å². The first kappa shape index (κ1) is 19.7. The molecule has 0 fully saturated rings. The van der Waals surface area contributed by atoms with E-state index < -0.39 is 11.1 Å². The van der Waals surface area contributed by atoms with Crippen LogP contribution in [0.4, 0.5) is 0 Å². The number of allylic oxidation sites excluding steroid dienone is 1. The van der Waals surface area contributed by atoms with Crippen LogP contribution in [0, 0.1) is 0 Å². The molecule has 0 spiro atoms. The molecule has 2 N–H and O–H groups in total. The Morgan fingerprint density at radius 3 is 2.83 bits per heavy atom. The van der Waals surface area contributed by atoms with Gasteiger partial charge in [-0.2, -0.15) is 0 Å². The van der Waals surface area contributed by atoms with Gasteiger partial charge in [0.25, 0.3) is 5.91 Å². The Balaban J connectivity index is 2.25. The molecule has 1 aromatic rings. The van der Waals surface area contributed by atoms with E-state index in [1.807, 2.05) is 13.0 Å². The Kier molecular flexibility index (Phi) is 8.91. The lowest BCUT2D eigenvalue weighted by molar-refractivity contribution is -0.123. The van der Waals surface area contributed by atoms with Gasteiger partial charge in [-0.25, -0.2) is 4.21 Å². The van der Waals surface area contributed by atoms with Crippen molar-refractivity contribution in [2.75, 3.05) is 13.2 Å². The maximum atomic E-state index is 11.7. The number of carbonyl (C=O) groups is 1. The van der Waals surface area contributed by atoms with Gasteiger partial charge in [0.2, 0.25) is 0 Å². The van der Waals surface area contributed by atoms with Gasteiger partial charge in [-0.15, -0.1) is 0 Å². The monoisotopic (exact) mass is 359 g/mol. The molecule has 1 amide bonds. The molecular formula is C16H22ClNO4S. The Bertz CT molecular complexity index is 577. The van der Waals surface area contributed by atoms with E-state index in [1.54, 1.807) is 12.1 Å². The fourth-order valence-corrected chi connectivity index (χ4v) is 2.44. The van der Waals surface area contributed by atoms with Crippen LogP contribution in [0.25, 0.3) is 0 Å². The largest absolute Gasteiger partial charge is 0.483 e. The van der Waals surface area contributed by atoms with Crippen molar-refractivity contribution in [3.05, 3.63) is 40.3 Å². The fraction of sp³-hybridized carbons (Fsp3) is 0.438. The van der Waals surface area contributed by atoms with Crippen molar-refractivity contribution in [3.63, 3.8) is 0 Å². The maximum absolute atomic E-state index is 11.7. The summed E-state index contributed by atoms with van der Waals surface area (Å²) in [6.45, 7) is 5.94. The summed E-state index contributed by atoms with van der Waals surface area (Å²) >= 11 is 3.96. The number of hydrogen-bond acceptors (Lipinski definition) is 3. The molecule has 0 aromatic heterocycles. The van der Waals surface area contributed by atoms with Crippen molar-refractivity contribution in [3.8, 4) is 5.75 Å². The normalized spacial score (nSPS) is 11.8. The van der Waals surface area contributed by atoms with Gasteiger partial charge in [0.15, 0.2) is 17.7 Å². The van der Waals surface area contributed by atoms with Crippen LogP contribution in [0.5, 0.6) is 5.75 Å². The third-order valence-corrected chi connectivity index (χ3v) is 4.15. The van der Waals surface area contributed by atoms with E-state index in [2.05, 4.69) is 11.9 Å². The second kappa shape index (κ2) is 10.4. The molecule has 23 heavy (non-hydrogen) atoms. The summed E-state index contributed by atoms with van der Waals surface area (Å²) in [5, 5.41) is 3.39. The lowest BCUT2D eigenvalue weighted by Gasteiger charge is -2.11. The first-order chi connectivity index (χ1) is 10.9. The zero-order chi connectivity index (χ0) is 17.2. The van der Waals surface area contributed by atoms with Crippen molar-refractivity contribution in [2.24, 2.45) is 0 Å². The first-order valence-electron chi connectivity index (χ1n) is 7.40. The lowest BCUT2D eigenvalue weighted by Crippen LogP contribution is -2.29. The van der Waals surface area contributed by atoms with Crippen LogP contribution < -0.4 is 10.1 Å². The van der Waals surface area contributed by atoms with Crippen LogP contribution in [0.2, 0.25) is 5.02 Å². The average molecular weight is 360 g/mol. The highest BCUT2D eigenvalue weighted by molar-refractivity contribution is 7.83. The summed E-state index contributed by atoms with van der Waals surface area (Å²) in [6, 6.07) is 5.31. The van der Waals surface area contributed by atoms with E-state index in [4.69, 9.17) is 20.9 Å². The first-order valence-corrected chi connectivity index (χ1v) is 8.89. The Hall–Kier alpha value is -1.37. The molecule has 0 bridgehead atoms. The van der Waals surface area contributed by atoms with Gasteiger partial charge in [0.1, 0.15) is 5.75 Å². The SMILES string of the molecule is C=C(CCCCNC(=O)COc1ccc(Cl)cc1CC)S(=O)O. The Morgan fingerprint density at radius 1 is 1.43 bits per heavy atom. The van der Waals surface area contributed by atoms with Gasteiger partial charge in [0.05, 0.1) is 0 Å². The minimum Gasteiger partial charge on any atom is -0.483 e. The third-order valence-electron chi connectivity index (χ3n) is 3.21. The molecule has 1 aromatic carbocycles. The summed E-state index contributed by atoms with van der Waals surface area (Å²) in [4.78, 5) is 12.0. The molecule has 0 radical (unpaired) electrons. The number of nitrogens with one attached hydrogen (secondary N) is 1. The topological polar surface area (TPSA) is 75.6 Å². The van der Waals surface area contributed by atoms with Crippen molar-refractivity contribution in [1.82, 2.24) is 5.32 Å². The molecule has 1 rings (SSSR count). The molecule has 0 aliphatic heterocycles. The maximum Gasteiger partial charge on any atom is 0.257 e. The molecule has 128 valence electrons. The summed E-state index contributed by atoms with van der Waals surface area (Å²) < 4.78 is 25.0. The van der Waals surface area contributed by atoms with E-state index in [1.165, 1.54) is 0 Å². The number of benzene rings is 1. The van der Waals surface area contributed by atoms with E-state index in [0.717, 1.165) is 12.0 Å². The Labute approximate surface area is 144 Å². The molecule has 5 nitrogen and oxygen atoms in total. The number of hydrogen-bond donors (Lipinski definition) is 2. The minimum atomic E-state index is -1.97. The number of aryl methyl sites for hydroxylation is 1. The van der Waals surface area contributed by atoms with Gasteiger partial charge < -0.3 is 14.6 Å². The van der Waals surface area contributed by atoms with Crippen molar-refractivity contribution in [2.45, 2.75) is 32.6 Å². The summed E-state index contributed by atoms with van der Waals surface area (Å²) in [5.74, 6) is 0.459. The van der Waals surface area contributed by atoms with Gasteiger partial charge in [-0.3, -0.25) is 4.79 Å². The zero-order valence-corrected chi connectivity index (χ0v) is 14.7. The molecular weight excluding hydrogens is 338 g/mol. The number of rotatable bonds is 10. The van der Waals surface area contributed by atoms with E-state index >= 15 is 0 Å².